The van der Waals surface area contributed by atoms with Crippen molar-refractivity contribution in [3.63, 3.8) is 0 Å². The normalized spacial score (nSPS) is 14.7. The van der Waals surface area contributed by atoms with Crippen molar-refractivity contribution in [1.29, 1.82) is 5.41 Å². The lowest BCUT2D eigenvalue weighted by molar-refractivity contribution is 0.660. The molecule has 10 aromatic carbocycles. The maximum Gasteiger partial charge on any atom is 0.0754 e. The van der Waals surface area contributed by atoms with Gasteiger partial charge in [-0.3, -0.25) is 4.99 Å². The summed E-state index contributed by atoms with van der Waals surface area (Å²) in [5.41, 5.74) is 24.5. The largest absolute Gasteiger partial charge is 0.309 e. The van der Waals surface area contributed by atoms with E-state index < -0.39 is 5.41 Å². The zero-order valence-corrected chi connectivity index (χ0v) is 40.3. The molecule has 0 amide bonds. The third-order valence-corrected chi connectivity index (χ3v) is 15.2. The van der Waals surface area contributed by atoms with Crippen LogP contribution in [-0.4, -0.2) is 17.5 Å². The minimum Gasteiger partial charge on any atom is -0.309 e. The summed E-state index contributed by atoms with van der Waals surface area (Å²) in [6, 6.07) is 83.2. The molecule has 3 nitrogen and oxygen atoms in total. The van der Waals surface area contributed by atoms with E-state index in [1.54, 1.807) is 0 Å². The molecular formula is C68H53N3. The number of fused-ring (bicyclic) bond motifs is 15. The number of hydrogen-bond donors (Lipinski definition) is 1. The average molecular weight is 912 g/mol. The molecule has 1 unspecified atom stereocenters. The Kier molecular flexibility index (Phi) is 10.7. The third kappa shape index (κ3) is 6.87. The summed E-state index contributed by atoms with van der Waals surface area (Å²) < 4.78 is 2.48. The summed E-state index contributed by atoms with van der Waals surface area (Å²) in [6.45, 7) is 11.0. The van der Waals surface area contributed by atoms with Gasteiger partial charge in [-0.1, -0.05) is 226 Å². The van der Waals surface area contributed by atoms with Gasteiger partial charge in [-0.05, 0) is 121 Å². The molecule has 3 heteroatoms. The number of nitrogens with one attached hydrogen (secondary N) is 1. The van der Waals surface area contributed by atoms with E-state index in [1.807, 2.05) is 24.3 Å². The van der Waals surface area contributed by atoms with Crippen LogP contribution in [0.5, 0.6) is 0 Å². The van der Waals surface area contributed by atoms with Crippen LogP contribution in [0.25, 0.3) is 72.0 Å². The van der Waals surface area contributed by atoms with Gasteiger partial charge < -0.3 is 9.98 Å². The van der Waals surface area contributed by atoms with E-state index in [2.05, 4.69) is 243 Å². The molecule has 2 aliphatic carbocycles. The summed E-state index contributed by atoms with van der Waals surface area (Å²) in [5, 5.41) is 11.1. The van der Waals surface area contributed by atoms with Crippen LogP contribution in [0, 0.1) is 12.3 Å². The predicted molar refractivity (Wildman–Crippen MR) is 299 cm³/mol. The maximum atomic E-state index is 8.59. The fraction of sp³-hybridized carbons (Fsp3) is 0.0882. The molecule has 0 fully saturated rings. The van der Waals surface area contributed by atoms with E-state index in [0.717, 1.165) is 5.56 Å². The summed E-state index contributed by atoms with van der Waals surface area (Å²) in [5.74, 6) is 0. The molecule has 14 rings (SSSR count). The summed E-state index contributed by atoms with van der Waals surface area (Å²) in [4.78, 5) is 3.86. The second-order valence-electron chi connectivity index (χ2n) is 19.5. The lowest BCUT2D eigenvalue weighted by atomic mass is 9.65. The number of aryl methyl sites for hydroxylation is 1. The second-order valence-corrected chi connectivity index (χ2v) is 19.5. The molecule has 2 heterocycles. The second kappa shape index (κ2) is 17.4. The Morgan fingerprint density at radius 2 is 1.07 bits per heavy atom. The van der Waals surface area contributed by atoms with Gasteiger partial charge in [0, 0.05) is 28.0 Å². The van der Waals surface area contributed by atoms with Gasteiger partial charge in [0.1, 0.15) is 0 Å². The summed E-state index contributed by atoms with van der Waals surface area (Å²) in [6.07, 6.45) is 1.54. The lowest BCUT2D eigenvalue weighted by Gasteiger charge is -2.39. The number of hydrogen-bond acceptors (Lipinski definition) is 2. The highest BCUT2D eigenvalue weighted by Gasteiger charge is 2.51. The van der Waals surface area contributed by atoms with E-state index in [1.165, 1.54) is 123 Å². The minimum absolute atomic E-state index is 0.0639. The molecule has 340 valence electrons. The van der Waals surface area contributed by atoms with Gasteiger partial charge in [0.2, 0.25) is 0 Å². The molecule has 1 aliphatic heterocycles. The third-order valence-electron chi connectivity index (χ3n) is 15.2. The van der Waals surface area contributed by atoms with Crippen molar-refractivity contribution in [3.8, 4) is 50.2 Å². The van der Waals surface area contributed by atoms with Gasteiger partial charge in [-0.2, -0.15) is 0 Å². The molecule has 0 radical (unpaired) electrons. The van der Waals surface area contributed by atoms with Crippen molar-refractivity contribution in [3.05, 3.63) is 281 Å². The van der Waals surface area contributed by atoms with Gasteiger partial charge in [-0.25, -0.2) is 0 Å². The zero-order chi connectivity index (χ0) is 48.3. The van der Waals surface area contributed by atoms with Crippen molar-refractivity contribution in [2.75, 3.05) is 0 Å². The molecule has 0 bridgehead atoms. The van der Waals surface area contributed by atoms with Gasteiger partial charge >= 0.3 is 0 Å². The molecule has 1 aromatic heterocycles. The van der Waals surface area contributed by atoms with Gasteiger partial charge in [0.25, 0.3) is 0 Å². The first-order valence-electron chi connectivity index (χ1n) is 24.6. The number of nitrogens with zero attached hydrogens (tertiary/aromatic N) is 2. The van der Waals surface area contributed by atoms with Crippen LogP contribution in [-0.2, 0) is 17.4 Å². The first-order valence-corrected chi connectivity index (χ1v) is 24.6. The molecule has 1 spiro atoms. The van der Waals surface area contributed by atoms with E-state index in [-0.39, 0.29) is 5.41 Å². The maximum absolute atomic E-state index is 8.59. The first-order chi connectivity index (χ1) is 34.8. The van der Waals surface area contributed by atoms with Gasteiger partial charge in [0.15, 0.2) is 0 Å². The topological polar surface area (TPSA) is 41.1 Å². The van der Waals surface area contributed by atoms with Crippen LogP contribution in [0.3, 0.4) is 0 Å². The van der Waals surface area contributed by atoms with Crippen molar-refractivity contribution in [2.24, 2.45) is 4.99 Å². The Morgan fingerprint density at radius 3 is 1.83 bits per heavy atom. The Morgan fingerprint density at radius 1 is 0.479 bits per heavy atom. The Hall–Kier alpha value is -8.66. The Bertz CT molecular complexity index is 3860. The van der Waals surface area contributed by atoms with Crippen molar-refractivity contribution in [2.45, 2.75) is 38.1 Å². The van der Waals surface area contributed by atoms with Crippen molar-refractivity contribution < 1.29 is 0 Å². The molecular weight excluding hydrogens is 859 g/mol. The molecule has 0 saturated heterocycles. The number of rotatable bonds is 5. The van der Waals surface area contributed by atoms with E-state index in [0.29, 0.717) is 6.54 Å². The Balaban J connectivity index is 0.000000194. The fourth-order valence-corrected chi connectivity index (χ4v) is 12.0. The van der Waals surface area contributed by atoms with Crippen LogP contribution < -0.4 is 0 Å². The van der Waals surface area contributed by atoms with Crippen LogP contribution in [0.15, 0.2) is 236 Å². The van der Waals surface area contributed by atoms with Crippen LogP contribution in [0.2, 0.25) is 0 Å². The SMILES string of the molecule is C=NCc1ccc(-c2ccccc2)cc1.CC1(C)c2ccccc2-c2ccc(-c3ccc4c(c3)-c3c(C=N)cccc3C43c4ccccc4-n4c5ccccc5c5cccc3c54)cc21.Cc1ccccc1. The molecule has 1 atom stereocenters. The van der Waals surface area contributed by atoms with Crippen molar-refractivity contribution >= 4 is 34.7 Å². The average Bonchev–Trinajstić information content (AvgIpc) is 4.01. The predicted octanol–water partition coefficient (Wildman–Crippen LogP) is 17.0. The highest BCUT2D eigenvalue weighted by atomic mass is 15.0. The minimum atomic E-state index is -0.524. The standard InChI is InChI=1S/C47H32N2.C14H13N.C7H8/c1-46(2)36-15-5-3-12-31(36)32-23-21-29(26-41(32)46)28-22-24-37-35(25-28)44-30(27-48)11-9-17-39(44)47(37)38-16-6-8-20-43(38)49-42-19-7-4-13-33(42)34-14-10-18-40(47)45(34)49;1-15-11-12-7-9-14(10-8-12)13-5-3-2-4-6-13;1-7-5-3-2-4-6-7/h3-27,48H,1-2H3;2-10H,1,11H2;2-6H,1H3. The summed E-state index contributed by atoms with van der Waals surface area (Å²) in [7, 11) is 0. The fourth-order valence-electron chi connectivity index (χ4n) is 12.0. The van der Waals surface area contributed by atoms with Gasteiger partial charge in [-0.15, -0.1) is 0 Å². The quantitative estimate of drug-likeness (QED) is 0.167. The highest BCUT2D eigenvalue weighted by molar-refractivity contribution is 6.13. The number of benzene rings is 10. The summed E-state index contributed by atoms with van der Waals surface area (Å²) >= 11 is 0. The smallest absolute Gasteiger partial charge is 0.0754 e. The molecule has 71 heavy (non-hydrogen) atoms. The lowest BCUT2D eigenvalue weighted by Crippen LogP contribution is -2.33. The van der Waals surface area contributed by atoms with Crippen LogP contribution in [0.4, 0.5) is 0 Å². The van der Waals surface area contributed by atoms with E-state index >= 15 is 0 Å². The number of aliphatic imine (C=N–C) groups is 1. The molecule has 11 aromatic rings. The van der Waals surface area contributed by atoms with E-state index in [4.69, 9.17) is 5.41 Å². The molecule has 0 saturated carbocycles. The molecule has 1 N–H and O–H groups in total. The Labute approximate surface area is 416 Å². The van der Waals surface area contributed by atoms with Crippen LogP contribution in [0.1, 0.15) is 63.9 Å². The number of aromatic nitrogens is 1. The van der Waals surface area contributed by atoms with Crippen LogP contribution >= 0.6 is 0 Å². The highest BCUT2D eigenvalue weighted by Crippen LogP contribution is 2.62. The molecule has 3 aliphatic rings. The van der Waals surface area contributed by atoms with Gasteiger partial charge in [0.05, 0.1) is 28.7 Å². The first kappa shape index (κ1) is 43.6. The zero-order valence-electron chi connectivity index (χ0n) is 40.3. The van der Waals surface area contributed by atoms with Crippen molar-refractivity contribution in [1.82, 2.24) is 4.57 Å². The number of para-hydroxylation sites is 3. The monoisotopic (exact) mass is 911 g/mol. The van der Waals surface area contributed by atoms with E-state index in [9.17, 15) is 0 Å².